The predicted molar refractivity (Wildman–Crippen MR) is 283 cm³/mol. The second-order valence-corrected chi connectivity index (χ2v) is 18.5. The molecular formula is C58H90O13. The molecular weight excluding hydrogens is 905 g/mol. The molecule has 5 N–H and O–H groups in total. The van der Waals surface area contributed by atoms with E-state index in [4.69, 9.17) is 25.1 Å². The maximum Gasteiger partial charge on any atom is 0.339 e. The molecule has 2 aromatic carbocycles. The Bertz CT molecular complexity index is 2080. The first kappa shape index (κ1) is 62.6. The van der Waals surface area contributed by atoms with Crippen molar-refractivity contribution >= 4 is 30.1 Å². The summed E-state index contributed by atoms with van der Waals surface area (Å²) in [6.07, 6.45) is 13.3. The molecule has 3 aliphatic rings. The van der Waals surface area contributed by atoms with Gasteiger partial charge < -0.3 is 49.2 Å². The van der Waals surface area contributed by atoms with Crippen molar-refractivity contribution < 1.29 is 65.0 Å². The number of cyclic esters (lactones) is 2. The highest BCUT2D eigenvalue weighted by atomic mass is 16.8. The first-order valence-corrected chi connectivity index (χ1v) is 25.0. The van der Waals surface area contributed by atoms with Gasteiger partial charge in [0.25, 0.3) is 0 Å². The van der Waals surface area contributed by atoms with Gasteiger partial charge in [-0.15, -0.1) is 0 Å². The Labute approximate surface area is 427 Å². The third-order valence-electron chi connectivity index (χ3n) is 12.7. The Morgan fingerprint density at radius 3 is 1.69 bits per heavy atom. The summed E-state index contributed by atoms with van der Waals surface area (Å²) >= 11 is 0. The zero-order valence-electron chi connectivity index (χ0n) is 45.0. The van der Waals surface area contributed by atoms with Crippen LogP contribution in [-0.2, 0) is 41.3 Å². The van der Waals surface area contributed by atoms with Crippen LogP contribution in [0.25, 0.3) is 12.2 Å². The average Bonchev–Trinajstić information content (AvgIpc) is 3.67. The summed E-state index contributed by atoms with van der Waals surface area (Å²) in [5.74, 6) is -2.08. The van der Waals surface area contributed by atoms with Crippen LogP contribution >= 0.6 is 0 Å². The minimum Gasteiger partial charge on any atom is -0.466 e. The van der Waals surface area contributed by atoms with Crippen LogP contribution in [0.4, 0.5) is 0 Å². The van der Waals surface area contributed by atoms with Crippen molar-refractivity contribution in [2.75, 3.05) is 13.2 Å². The number of esters is 3. The van der Waals surface area contributed by atoms with Crippen LogP contribution in [0.3, 0.4) is 0 Å². The molecule has 1 fully saturated rings. The van der Waals surface area contributed by atoms with Crippen molar-refractivity contribution in [3.63, 3.8) is 0 Å². The highest BCUT2D eigenvalue weighted by Crippen LogP contribution is 2.34. The Hall–Kier alpha value is -4.47. The number of hydrogen-bond donors (Lipinski definition) is 5. The van der Waals surface area contributed by atoms with E-state index in [9.17, 15) is 39.9 Å². The van der Waals surface area contributed by atoms with E-state index in [0.29, 0.717) is 55.4 Å². The van der Waals surface area contributed by atoms with Gasteiger partial charge in [-0.2, -0.15) is 0 Å². The summed E-state index contributed by atoms with van der Waals surface area (Å²) in [6, 6.07) is 7.87. The van der Waals surface area contributed by atoms with Gasteiger partial charge in [0.1, 0.15) is 36.6 Å². The van der Waals surface area contributed by atoms with Gasteiger partial charge in [-0.25, -0.2) is 9.59 Å². The van der Waals surface area contributed by atoms with Crippen LogP contribution < -0.4 is 0 Å². The van der Waals surface area contributed by atoms with Crippen molar-refractivity contribution in [2.24, 2.45) is 11.8 Å². The molecule has 0 saturated carbocycles. The largest absolute Gasteiger partial charge is 0.466 e. The fourth-order valence-corrected chi connectivity index (χ4v) is 8.17. The molecule has 2 aromatic rings. The lowest BCUT2D eigenvalue weighted by Crippen LogP contribution is -2.36. The number of fused-ring (bicyclic) bond motifs is 3. The molecule has 13 nitrogen and oxygen atoms in total. The van der Waals surface area contributed by atoms with Crippen LogP contribution in [0.15, 0.2) is 60.7 Å². The molecule has 10 atom stereocenters. The molecule has 3 heterocycles. The van der Waals surface area contributed by atoms with Crippen molar-refractivity contribution in [3.05, 3.63) is 105 Å². The van der Waals surface area contributed by atoms with Gasteiger partial charge in [-0.1, -0.05) is 122 Å². The highest BCUT2D eigenvalue weighted by Gasteiger charge is 2.43. The van der Waals surface area contributed by atoms with Gasteiger partial charge in [0.05, 0.1) is 29.9 Å². The van der Waals surface area contributed by atoms with Gasteiger partial charge in [0, 0.05) is 26.2 Å². The molecule has 0 aliphatic carbocycles. The van der Waals surface area contributed by atoms with Crippen LogP contribution in [-0.4, -0.2) is 111 Å². The van der Waals surface area contributed by atoms with Crippen LogP contribution in [0.5, 0.6) is 0 Å². The number of aliphatic hydroxyl groups excluding tert-OH is 5. The minimum atomic E-state index is -1.34. The number of aliphatic hydroxyl groups is 5. The normalized spacial score (nSPS) is 27.8. The summed E-state index contributed by atoms with van der Waals surface area (Å²) in [5.41, 5.74) is 6.25. The Kier molecular flexibility index (Phi) is 28.1. The van der Waals surface area contributed by atoms with Crippen LogP contribution in [0.2, 0.25) is 0 Å². The van der Waals surface area contributed by atoms with E-state index in [-0.39, 0.29) is 56.4 Å². The monoisotopic (exact) mass is 997 g/mol. The number of aryl methyl sites for hydroxylation is 4. The van der Waals surface area contributed by atoms with Crippen molar-refractivity contribution in [1.82, 2.24) is 0 Å². The number of carbonyl (C=O) groups excluding carboxylic acids is 3. The summed E-state index contributed by atoms with van der Waals surface area (Å²) in [4.78, 5) is 37.8. The quantitative estimate of drug-likeness (QED) is 0.0653. The van der Waals surface area contributed by atoms with E-state index in [1.165, 1.54) is 13.5 Å². The first-order valence-electron chi connectivity index (χ1n) is 26.0. The molecule has 0 aromatic heterocycles. The second kappa shape index (κ2) is 31.9. The molecule has 71 heavy (non-hydrogen) atoms. The molecule has 5 rings (SSSR count). The SMILES string of the molecule is C.CC.CCC(=O)OCCCCc1ccc(C)c2c1/C=C/C[C@H](O)[C@H](O)C(O)/C=C\[C@@H](C)[C@H](C)OC2=O.Cc1ccc(CCCCO)c2c1C(=O)O[C@@H](C)[C@H](C)/C=C\C(O)[C@H]1OC(C)(C)O[C@H]1CC=C2.[3H]C. The summed E-state index contributed by atoms with van der Waals surface area (Å²) in [7, 11) is 1.25. The van der Waals surface area contributed by atoms with Gasteiger partial charge in [-0.05, 0) is 126 Å². The third kappa shape index (κ3) is 19.5. The zero-order chi connectivity index (χ0) is 53.4. The molecule has 0 spiro atoms. The lowest BCUT2D eigenvalue weighted by Gasteiger charge is -2.23. The molecule has 1 saturated heterocycles. The lowest BCUT2D eigenvalue weighted by molar-refractivity contribution is -0.152. The first-order chi connectivity index (χ1) is 33.8. The van der Waals surface area contributed by atoms with E-state index in [0.717, 1.165) is 47.1 Å². The van der Waals surface area contributed by atoms with Gasteiger partial charge >= 0.3 is 17.9 Å². The molecule has 0 radical (unpaired) electrons. The fourth-order valence-electron chi connectivity index (χ4n) is 8.17. The predicted octanol–water partition coefficient (Wildman–Crippen LogP) is 10.2. The second-order valence-electron chi connectivity index (χ2n) is 18.5. The molecule has 2 unspecified atom stereocenters. The number of hydrogen-bond acceptors (Lipinski definition) is 13. The topological polar surface area (TPSA) is 199 Å². The molecule has 400 valence electrons. The van der Waals surface area contributed by atoms with E-state index < -0.39 is 48.4 Å². The molecule has 0 amide bonds. The standard InChI is InChI=1S/C27H38O7.C27H38O6.C2H6.2CH4/c1-5-24(30)33-16-7-6-9-20-14-12-18(3)25-21(20)10-8-11-22(28)26(31)23(29)15-13-17(2)19(4)34-27(25)32;1-17-13-15-22(29)25-23(32-27(4,5)33-25)11-8-10-21-20(9-6-7-16-28)14-12-18(2)24(21)26(30)31-19(17)3;1-2;;/h8,10,12-15,17,19,22-23,26,28-29,31H,5-7,9,11,16H2,1-4H3;8,10,12-15,17,19,22-23,25,28-29H,6-7,9,11,16H2,1-5H3;1-2H3;2*1H4/b10-8+,15-13-;10-8?,15-13-;;;/t17-,19+,22+,23?,26+;17-,19+,22?,23+,25-;;;/m11.../s1/i;;;1T;. The van der Waals surface area contributed by atoms with Crippen LogP contribution in [0, 0.1) is 25.7 Å². The van der Waals surface area contributed by atoms with Crippen molar-refractivity contribution in [1.29, 1.82) is 0 Å². The van der Waals surface area contributed by atoms with Crippen LogP contribution in [0.1, 0.15) is 178 Å². The highest BCUT2D eigenvalue weighted by molar-refractivity contribution is 5.97. The fraction of sp³-hybridized carbons (Fsp3) is 0.603. The van der Waals surface area contributed by atoms with Gasteiger partial charge in [-0.3, -0.25) is 4.79 Å². The van der Waals surface area contributed by atoms with Crippen molar-refractivity contribution in [2.45, 2.75) is 203 Å². The van der Waals surface area contributed by atoms with Crippen molar-refractivity contribution in [3.8, 4) is 0 Å². The Balaban J connectivity index is 0.000000665. The van der Waals surface area contributed by atoms with E-state index >= 15 is 0 Å². The lowest BCUT2D eigenvalue weighted by atomic mass is 9.92. The van der Waals surface area contributed by atoms with Gasteiger partial charge in [0.2, 0.25) is 0 Å². The molecule has 13 heteroatoms. The smallest absolute Gasteiger partial charge is 0.339 e. The number of ether oxygens (including phenoxy) is 5. The van der Waals surface area contributed by atoms with E-state index in [1.807, 2.05) is 105 Å². The number of rotatable bonds is 10. The summed E-state index contributed by atoms with van der Waals surface area (Å²) in [6.45, 7) is 21.2. The number of carbonyl (C=O) groups is 3. The maximum absolute atomic E-state index is 13.3. The molecule has 0 bridgehead atoms. The number of unbranched alkanes of at least 4 members (excludes halogenated alkanes) is 2. The average molecular weight is 997 g/mol. The summed E-state index contributed by atoms with van der Waals surface area (Å²) in [5, 5.41) is 50.8. The minimum absolute atomic E-state index is 0. The summed E-state index contributed by atoms with van der Waals surface area (Å²) < 4.78 is 34.6. The third-order valence-corrected chi connectivity index (χ3v) is 12.7. The zero-order valence-corrected chi connectivity index (χ0v) is 44.0. The van der Waals surface area contributed by atoms with E-state index in [1.54, 1.807) is 38.2 Å². The maximum atomic E-state index is 13.3. The van der Waals surface area contributed by atoms with Gasteiger partial charge in [0.15, 0.2) is 5.79 Å². The Morgan fingerprint density at radius 2 is 1.20 bits per heavy atom. The molecule has 3 aliphatic heterocycles. The van der Waals surface area contributed by atoms with E-state index in [2.05, 4.69) is 0 Å². The number of benzene rings is 2. The Morgan fingerprint density at radius 1 is 0.718 bits per heavy atom.